The maximum atomic E-state index is 9.25. The van der Waals surface area contributed by atoms with Gasteiger partial charge in [-0.2, -0.15) is 0 Å². The van der Waals surface area contributed by atoms with Crippen molar-refractivity contribution in [3.8, 4) is 0 Å². The number of nitrogens with two attached hydrogens (primary N) is 1. The lowest BCUT2D eigenvalue weighted by molar-refractivity contribution is 0.201. The van der Waals surface area contributed by atoms with Crippen LogP contribution < -0.4 is 10.6 Å². The number of aliphatic hydroxyl groups excluding tert-OH is 1. The Morgan fingerprint density at radius 3 is 2.71 bits per heavy atom. The third-order valence-electron chi connectivity index (χ3n) is 1.94. The molecule has 1 aromatic rings. The summed E-state index contributed by atoms with van der Waals surface area (Å²) in [7, 11) is 1.92. The van der Waals surface area contributed by atoms with Crippen LogP contribution in [0.3, 0.4) is 0 Å². The minimum absolute atomic E-state index is 0.348. The topological polar surface area (TPSA) is 49.5 Å². The van der Waals surface area contributed by atoms with Crippen LogP contribution in [0.15, 0.2) is 18.2 Å². The van der Waals surface area contributed by atoms with Crippen LogP contribution >= 0.6 is 22.6 Å². The molecule has 1 unspecified atom stereocenters. The molecule has 0 fully saturated rings. The van der Waals surface area contributed by atoms with Crippen LogP contribution in [-0.2, 0) is 0 Å². The summed E-state index contributed by atoms with van der Waals surface area (Å²) in [6, 6.07) is 5.90. The fourth-order valence-electron chi connectivity index (χ4n) is 1.37. The van der Waals surface area contributed by atoms with E-state index in [0.717, 1.165) is 14.9 Å². The lowest BCUT2D eigenvalue weighted by atomic mass is 10.2. The number of benzene rings is 1. The molecular formula is C10H15IN2O. The van der Waals surface area contributed by atoms with Gasteiger partial charge >= 0.3 is 0 Å². The number of nitrogens with zero attached hydrogens (tertiary/aromatic N) is 1. The van der Waals surface area contributed by atoms with Crippen molar-refractivity contribution in [1.82, 2.24) is 0 Å². The molecule has 0 aliphatic heterocycles. The van der Waals surface area contributed by atoms with E-state index in [1.807, 2.05) is 30.1 Å². The Kier molecular flexibility index (Phi) is 4.00. The lowest BCUT2D eigenvalue weighted by Gasteiger charge is -2.22. The fourth-order valence-corrected chi connectivity index (χ4v) is 1.88. The molecular weight excluding hydrogens is 291 g/mol. The van der Waals surface area contributed by atoms with Crippen molar-refractivity contribution in [3.05, 3.63) is 21.8 Å². The molecule has 0 radical (unpaired) electrons. The Bertz CT molecular complexity index is 315. The summed E-state index contributed by atoms with van der Waals surface area (Å²) in [6.45, 7) is 2.35. The summed E-state index contributed by atoms with van der Waals surface area (Å²) in [5.74, 6) is 0. The average molecular weight is 306 g/mol. The number of nitrogen functional groups attached to an aromatic ring is 1. The molecule has 0 amide bonds. The average Bonchev–Trinajstić information content (AvgIpc) is 2.01. The van der Waals surface area contributed by atoms with Crippen LogP contribution in [0.5, 0.6) is 0 Å². The van der Waals surface area contributed by atoms with E-state index in [9.17, 15) is 5.11 Å². The predicted molar refractivity (Wildman–Crippen MR) is 68.5 cm³/mol. The molecule has 0 aliphatic carbocycles. The molecule has 3 nitrogen and oxygen atoms in total. The van der Waals surface area contributed by atoms with Crippen molar-refractivity contribution in [3.63, 3.8) is 0 Å². The van der Waals surface area contributed by atoms with Gasteiger partial charge in [0.2, 0.25) is 0 Å². The van der Waals surface area contributed by atoms with Crippen LogP contribution in [0, 0.1) is 3.57 Å². The van der Waals surface area contributed by atoms with Gasteiger partial charge in [0, 0.05) is 17.2 Å². The van der Waals surface area contributed by atoms with E-state index in [0.29, 0.717) is 6.54 Å². The number of rotatable bonds is 3. The van der Waals surface area contributed by atoms with Crippen molar-refractivity contribution >= 4 is 34.0 Å². The Morgan fingerprint density at radius 1 is 1.57 bits per heavy atom. The molecule has 1 rings (SSSR count). The van der Waals surface area contributed by atoms with Gasteiger partial charge in [-0.3, -0.25) is 0 Å². The molecule has 0 saturated heterocycles. The SMILES string of the molecule is CC(O)CN(C)c1ccc(I)cc1N. The largest absolute Gasteiger partial charge is 0.397 e. The van der Waals surface area contributed by atoms with Gasteiger partial charge in [-0.1, -0.05) is 0 Å². The molecule has 1 atom stereocenters. The first-order chi connectivity index (χ1) is 6.50. The Hall–Kier alpha value is -0.490. The van der Waals surface area contributed by atoms with Crippen LogP contribution in [-0.4, -0.2) is 24.8 Å². The van der Waals surface area contributed by atoms with E-state index in [2.05, 4.69) is 22.6 Å². The number of hydrogen-bond acceptors (Lipinski definition) is 3. The zero-order valence-corrected chi connectivity index (χ0v) is 10.5. The van der Waals surface area contributed by atoms with Gasteiger partial charge in [-0.05, 0) is 47.7 Å². The smallest absolute Gasteiger partial charge is 0.0686 e. The lowest BCUT2D eigenvalue weighted by Crippen LogP contribution is -2.27. The minimum Gasteiger partial charge on any atom is -0.397 e. The van der Waals surface area contributed by atoms with Crippen LogP contribution in [0.25, 0.3) is 0 Å². The highest BCUT2D eigenvalue weighted by molar-refractivity contribution is 14.1. The molecule has 0 aromatic heterocycles. The fraction of sp³-hybridized carbons (Fsp3) is 0.400. The standard InChI is InChI=1S/C10H15IN2O/c1-7(14)6-13(2)10-4-3-8(11)5-9(10)12/h3-5,7,14H,6,12H2,1-2H3. The van der Waals surface area contributed by atoms with Crippen molar-refractivity contribution in [2.75, 3.05) is 24.2 Å². The highest BCUT2D eigenvalue weighted by Gasteiger charge is 2.07. The molecule has 0 heterocycles. The molecule has 4 heteroatoms. The summed E-state index contributed by atoms with van der Waals surface area (Å²) in [6.07, 6.45) is -0.348. The highest BCUT2D eigenvalue weighted by atomic mass is 127. The van der Waals surface area contributed by atoms with Crippen LogP contribution in [0.4, 0.5) is 11.4 Å². The van der Waals surface area contributed by atoms with Gasteiger partial charge < -0.3 is 15.7 Å². The number of hydrogen-bond donors (Lipinski definition) is 2. The first-order valence-electron chi connectivity index (χ1n) is 4.45. The summed E-state index contributed by atoms with van der Waals surface area (Å²) in [5.41, 5.74) is 7.58. The monoisotopic (exact) mass is 306 g/mol. The molecule has 14 heavy (non-hydrogen) atoms. The summed E-state index contributed by atoms with van der Waals surface area (Å²) >= 11 is 2.22. The molecule has 78 valence electrons. The molecule has 0 aliphatic rings. The minimum atomic E-state index is -0.348. The third kappa shape index (κ3) is 3.02. The zero-order valence-electron chi connectivity index (χ0n) is 8.37. The van der Waals surface area contributed by atoms with E-state index in [-0.39, 0.29) is 6.10 Å². The normalized spacial score (nSPS) is 12.6. The number of halogens is 1. The van der Waals surface area contributed by atoms with Gasteiger partial charge in [0.05, 0.1) is 17.5 Å². The van der Waals surface area contributed by atoms with Gasteiger partial charge in [-0.15, -0.1) is 0 Å². The second kappa shape index (κ2) is 4.84. The zero-order chi connectivity index (χ0) is 10.7. The number of aliphatic hydroxyl groups is 1. The Morgan fingerprint density at radius 2 is 2.21 bits per heavy atom. The summed E-state index contributed by atoms with van der Waals surface area (Å²) in [5, 5.41) is 9.25. The molecule has 1 aromatic carbocycles. The molecule has 0 spiro atoms. The van der Waals surface area contributed by atoms with E-state index in [4.69, 9.17) is 5.73 Å². The maximum Gasteiger partial charge on any atom is 0.0686 e. The maximum absolute atomic E-state index is 9.25. The van der Waals surface area contributed by atoms with Crippen molar-refractivity contribution in [2.24, 2.45) is 0 Å². The third-order valence-corrected chi connectivity index (χ3v) is 2.61. The van der Waals surface area contributed by atoms with Gasteiger partial charge in [0.1, 0.15) is 0 Å². The van der Waals surface area contributed by atoms with Crippen LogP contribution in [0.2, 0.25) is 0 Å². The van der Waals surface area contributed by atoms with Crippen LogP contribution in [0.1, 0.15) is 6.92 Å². The number of likely N-dealkylation sites (N-methyl/N-ethyl adjacent to an activating group) is 1. The van der Waals surface area contributed by atoms with Gasteiger partial charge in [0.15, 0.2) is 0 Å². The molecule has 3 N–H and O–H groups in total. The first kappa shape index (κ1) is 11.6. The second-order valence-electron chi connectivity index (χ2n) is 3.43. The summed E-state index contributed by atoms with van der Waals surface area (Å²) < 4.78 is 1.12. The summed E-state index contributed by atoms with van der Waals surface area (Å²) in [4.78, 5) is 1.95. The quantitative estimate of drug-likeness (QED) is 0.660. The number of anilines is 2. The molecule has 0 saturated carbocycles. The van der Waals surface area contributed by atoms with Crippen molar-refractivity contribution in [1.29, 1.82) is 0 Å². The van der Waals surface area contributed by atoms with Gasteiger partial charge in [0.25, 0.3) is 0 Å². The van der Waals surface area contributed by atoms with Crippen molar-refractivity contribution < 1.29 is 5.11 Å². The predicted octanol–water partition coefficient (Wildman–Crippen LogP) is 1.69. The van der Waals surface area contributed by atoms with Crippen molar-refractivity contribution in [2.45, 2.75) is 13.0 Å². The first-order valence-corrected chi connectivity index (χ1v) is 5.53. The highest BCUT2D eigenvalue weighted by Crippen LogP contribution is 2.24. The second-order valence-corrected chi connectivity index (χ2v) is 4.68. The molecule has 0 bridgehead atoms. The van der Waals surface area contributed by atoms with E-state index in [1.165, 1.54) is 0 Å². The Balaban J connectivity index is 2.84. The van der Waals surface area contributed by atoms with E-state index in [1.54, 1.807) is 6.92 Å². The van der Waals surface area contributed by atoms with E-state index < -0.39 is 0 Å². The van der Waals surface area contributed by atoms with Gasteiger partial charge in [-0.25, -0.2) is 0 Å². The van der Waals surface area contributed by atoms with E-state index >= 15 is 0 Å². The Labute approximate surface area is 98.0 Å².